The first-order chi connectivity index (χ1) is 12.7. The van der Waals surface area contributed by atoms with Crippen LogP contribution in [0.15, 0.2) is 24.3 Å². The van der Waals surface area contributed by atoms with Gasteiger partial charge in [-0.2, -0.15) is 0 Å². The van der Waals surface area contributed by atoms with Gasteiger partial charge in [0, 0.05) is 50.8 Å². The molecule has 1 N–H and O–H groups in total. The lowest BCUT2D eigenvalue weighted by atomic mass is 9.58. The van der Waals surface area contributed by atoms with Crippen molar-refractivity contribution in [3.8, 4) is 0 Å². The monoisotopic (exact) mass is 360 g/mol. The van der Waals surface area contributed by atoms with Crippen LogP contribution in [0.2, 0.25) is 0 Å². The molecule has 2 aliphatic heterocycles. The first-order valence-corrected chi connectivity index (χ1v) is 9.57. The summed E-state index contributed by atoms with van der Waals surface area (Å²) >= 11 is 0. The summed E-state index contributed by atoms with van der Waals surface area (Å²) in [5, 5.41) is 10.3. The molecule has 1 spiro atoms. The fourth-order valence-electron chi connectivity index (χ4n) is 4.74. The molecule has 2 saturated heterocycles. The van der Waals surface area contributed by atoms with Crippen molar-refractivity contribution < 1.29 is 19.4 Å². The number of hydrogen-bond acceptors (Lipinski definition) is 5. The Labute approximate surface area is 154 Å². The Kier molecular flexibility index (Phi) is 4.90. The molecule has 0 radical (unpaired) electrons. The summed E-state index contributed by atoms with van der Waals surface area (Å²) in [4.78, 5) is 17.4. The van der Waals surface area contributed by atoms with Crippen molar-refractivity contribution in [2.24, 2.45) is 5.41 Å². The van der Waals surface area contributed by atoms with Crippen LogP contribution in [0, 0.1) is 5.41 Å². The van der Waals surface area contributed by atoms with E-state index in [2.05, 4.69) is 4.90 Å². The van der Waals surface area contributed by atoms with E-state index in [0.29, 0.717) is 32.7 Å². The van der Waals surface area contributed by atoms with Gasteiger partial charge in [0.25, 0.3) is 5.91 Å². The SMILES string of the molecule is CO[C@H]1C[C@@H](O)C12CCN(C(=O)c1ccccc1N1CCOCC1)CC2. The van der Waals surface area contributed by atoms with E-state index in [-0.39, 0.29) is 23.5 Å². The summed E-state index contributed by atoms with van der Waals surface area (Å²) in [5.41, 5.74) is 1.61. The number of aliphatic hydroxyl groups excluding tert-OH is 1. The standard InChI is InChI=1S/C20H28N2O4/c1-25-18-14-17(23)20(18)6-8-22(9-7-20)19(24)15-4-2-3-5-16(15)21-10-12-26-13-11-21/h2-5,17-18,23H,6-14H2,1H3/t17-,18+/m1/s1. The van der Waals surface area contributed by atoms with Crippen LogP contribution in [-0.2, 0) is 9.47 Å². The van der Waals surface area contributed by atoms with Gasteiger partial charge < -0.3 is 24.4 Å². The molecule has 3 aliphatic rings. The lowest BCUT2D eigenvalue weighted by molar-refractivity contribution is -0.199. The first kappa shape index (κ1) is 17.8. The average Bonchev–Trinajstić information content (AvgIpc) is 2.72. The van der Waals surface area contributed by atoms with Crippen LogP contribution < -0.4 is 4.90 Å². The molecule has 6 nitrogen and oxygen atoms in total. The summed E-state index contributed by atoms with van der Waals surface area (Å²) in [6.07, 6.45) is 2.14. The van der Waals surface area contributed by atoms with E-state index >= 15 is 0 Å². The Hall–Kier alpha value is -1.63. The maximum absolute atomic E-state index is 13.2. The fourth-order valence-corrected chi connectivity index (χ4v) is 4.74. The number of carbonyl (C=O) groups excluding carboxylic acids is 1. The van der Waals surface area contributed by atoms with Crippen molar-refractivity contribution in [1.82, 2.24) is 4.90 Å². The number of nitrogens with zero attached hydrogens (tertiary/aromatic N) is 2. The predicted molar refractivity (Wildman–Crippen MR) is 98.5 cm³/mol. The third-order valence-corrected chi connectivity index (χ3v) is 6.49. The highest BCUT2D eigenvalue weighted by Crippen LogP contribution is 2.50. The molecule has 2 atom stereocenters. The summed E-state index contributed by atoms with van der Waals surface area (Å²) in [7, 11) is 1.72. The van der Waals surface area contributed by atoms with E-state index in [1.165, 1.54) is 0 Å². The zero-order chi connectivity index (χ0) is 18.1. The highest BCUT2D eigenvalue weighted by molar-refractivity contribution is 6.00. The van der Waals surface area contributed by atoms with Gasteiger partial charge >= 0.3 is 0 Å². The number of piperidine rings is 1. The molecule has 4 rings (SSSR count). The lowest BCUT2D eigenvalue weighted by Gasteiger charge is -2.56. The summed E-state index contributed by atoms with van der Waals surface area (Å²) < 4.78 is 11.0. The third-order valence-electron chi connectivity index (χ3n) is 6.49. The quantitative estimate of drug-likeness (QED) is 0.886. The second-order valence-corrected chi connectivity index (χ2v) is 7.62. The predicted octanol–water partition coefficient (Wildman–Crippen LogP) is 1.53. The van der Waals surface area contributed by atoms with E-state index < -0.39 is 0 Å². The maximum atomic E-state index is 13.2. The Balaban J connectivity index is 1.48. The Bertz CT molecular complexity index is 651. The van der Waals surface area contributed by atoms with Crippen molar-refractivity contribution in [2.75, 3.05) is 51.4 Å². The number of anilines is 1. The second-order valence-electron chi connectivity index (χ2n) is 7.62. The Morgan fingerprint density at radius 2 is 1.88 bits per heavy atom. The normalized spacial score (nSPS) is 28.1. The smallest absolute Gasteiger partial charge is 0.255 e. The van der Waals surface area contributed by atoms with Crippen molar-refractivity contribution in [3.63, 3.8) is 0 Å². The number of rotatable bonds is 3. The van der Waals surface area contributed by atoms with Crippen LogP contribution in [0.5, 0.6) is 0 Å². The molecule has 1 aliphatic carbocycles. The number of carbonyl (C=O) groups is 1. The van der Waals surface area contributed by atoms with Gasteiger partial charge in [-0.3, -0.25) is 4.79 Å². The molecule has 26 heavy (non-hydrogen) atoms. The topological polar surface area (TPSA) is 62.2 Å². The first-order valence-electron chi connectivity index (χ1n) is 9.57. The molecule has 2 heterocycles. The molecule has 6 heteroatoms. The number of methoxy groups -OCH3 is 1. The number of morpholine rings is 1. The number of para-hydroxylation sites is 1. The van der Waals surface area contributed by atoms with Crippen LogP contribution in [0.3, 0.4) is 0 Å². The minimum absolute atomic E-state index is 0.0877. The molecule has 1 amide bonds. The van der Waals surface area contributed by atoms with E-state index in [1.807, 2.05) is 29.2 Å². The van der Waals surface area contributed by atoms with Crippen LogP contribution >= 0.6 is 0 Å². The van der Waals surface area contributed by atoms with Gasteiger partial charge in [-0.05, 0) is 25.0 Å². The van der Waals surface area contributed by atoms with Crippen LogP contribution in [0.25, 0.3) is 0 Å². The van der Waals surface area contributed by atoms with Gasteiger partial charge in [-0.1, -0.05) is 12.1 Å². The number of benzene rings is 1. The Morgan fingerprint density at radius 1 is 1.19 bits per heavy atom. The van der Waals surface area contributed by atoms with Gasteiger partial charge in [-0.25, -0.2) is 0 Å². The van der Waals surface area contributed by atoms with E-state index in [4.69, 9.17) is 9.47 Å². The third kappa shape index (κ3) is 2.90. The molecule has 0 bridgehead atoms. The van der Waals surface area contributed by atoms with Crippen LogP contribution in [0.4, 0.5) is 5.69 Å². The number of aliphatic hydroxyl groups is 1. The molecule has 0 unspecified atom stereocenters. The summed E-state index contributed by atoms with van der Waals surface area (Å²) in [5.74, 6) is 0.0877. The minimum atomic E-state index is -0.301. The molecule has 1 saturated carbocycles. The van der Waals surface area contributed by atoms with Crippen LogP contribution in [-0.4, -0.2) is 74.6 Å². The van der Waals surface area contributed by atoms with Crippen molar-refractivity contribution >= 4 is 11.6 Å². The highest BCUT2D eigenvalue weighted by Gasteiger charge is 2.56. The molecule has 0 aromatic heterocycles. The molecule has 3 fully saturated rings. The van der Waals surface area contributed by atoms with E-state index in [0.717, 1.165) is 37.2 Å². The largest absolute Gasteiger partial charge is 0.392 e. The lowest BCUT2D eigenvalue weighted by Crippen LogP contribution is -2.62. The molecular weight excluding hydrogens is 332 g/mol. The van der Waals surface area contributed by atoms with E-state index in [1.54, 1.807) is 7.11 Å². The summed E-state index contributed by atoms with van der Waals surface area (Å²) in [6, 6.07) is 7.87. The Morgan fingerprint density at radius 3 is 2.54 bits per heavy atom. The van der Waals surface area contributed by atoms with Crippen molar-refractivity contribution in [1.29, 1.82) is 0 Å². The number of amides is 1. The zero-order valence-corrected chi connectivity index (χ0v) is 15.4. The number of ether oxygens (including phenoxy) is 2. The number of likely N-dealkylation sites (tertiary alicyclic amines) is 1. The van der Waals surface area contributed by atoms with Gasteiger partial charge in [0.1, 0.15) is 0 Å². The molecule has 142 valence electrons. The van der Waals surface area contributed by atoms with E-state index in [9.17, 15) is 9.90 Å². The van der Waals surface area contributed by atoms with Gasteiger partial charge in [0.15, 0.2) is 0 Å². The highest BCUT2D eigenvalue weighted by atomic mass is 16.5. The average molecular weight is 360 g/mol. The minimum Gasteiger partial charge on any atom is -0.392 e. The van der Waals surface area contributed by atoms with Gasteiger partial charge in [0.2, 0.25) is 0 Å². The molecular formula is C20H28N2O4. The van der Waals surface area contributed by atoms with Crippen molar-refractivity contribution in [2.45, 2.75) is 31.5 Å². The molecule has 1 aromatic carbocycles. The summed E-state index contributed by atoms with van der Waals surface area (Å²) in [6.45, 7) is 4.38. The van der Waals surface area contributed by atoms with Crippen LogP contribution in [0.1, 0.15) is 29.6 Å². The van der Waals surface area contributed by atoms with Gasteiger partial charge in [0.05, 0.1) is 31.0 Å². The second kappa shape index (κ2) is 7.18. The van der Waals surface area contributed by atoms with Crippen molar-refractivity contribution in [3.05, 3.63) is 29.8 Å². The van der Waals surface area contributed by atoms with Gasteiger partial charge in [-0.15, -0.1) is 0 Å². The zero-order valence-electron chi connectivity index (χ0n) is 15.4. The fraction of sp³-hybridized carbons (Fsp3) is 0.650. The molecule has 1 aromatic rings. The maximum Gasteiger partial charge on any atom is 0.255 e. The number of hydrogen-bond donors (Lipinski definition) is 1.